The highest BCUT2D eigenvalue weighted by Gasteiger charge is 2.39. The quantitative estimate of drug-likeness (QED) is 0.131. The van der Waals surface area contributed by atoms with Crippen LogP contribution < -0.4 is 10.6 Å². The molecule has 9 heteroatoms. The molecule has 0 spiro atoms. The van der Waals surface area contributed by atoms with E-state index < -0.39 is 8.32 Å². The maximum Gasteiger partial charge on any atom is 0.220 e. The molecule has 3 aromatic rings. The van der Waals surface area contributed by atoms with Gasteiger partial charge in [0.15, 0.2) is 8.32 Å². The molecule has 0 bridgehead atoms. The molecule has 0 aliphatic heterocycles. The maximum absolute atomic E-state index is 12.5. The molecule has 0 saturated heterocycles. The molecule has 0 heterocycles. The highest BCUT2D eigenvalue weighted by atomic mass is 35.5. The number of halogens is 2. The third-order valence-corrected chi connectivity index (χ3v) is 13.6. The van der Waals surface area contributed by atoms with Crippen molar-refractivity contribution in [2.24, 2.45) is 0 Å². The summed E-state index contributed by atoms with van der Waals surface area (Å²) in [6.45, 7) is 16.2. The average Bonchev–Trinajstić information content (AvgIpc) is 2.94. The lowest BCUT2D eigenvalue weighted by atomic mass is 9.92. The Morgan fingerprint density at radius 3 is 2.30 bits per heavy atom. The van der Waals surface area contributed by atoms with Crippen LogP contribution in [0, 0.1) is 0 Å². The second-order valence-corrected chi connectivity index (χ2v) is 19.3. The van der Waals surface area contributed by atoms with Gasteiger partial charge in [0.1, 0.15) is 5.75 Å². The van der Waals surface area contributed by atoms with E-state index in [0.717, 1.165) is 23.1 Å². The van der Waals surface area contributed by atoms with Gasteiger partial charge in [-0.15, -0.1) is 0 Å². The number of aliphatic hydroxyl groups is 1. The van der Waals surface area contributed by atoms with Gasteiger partial charge in [-0.05, 0) is 91.3 Å². The number of aliphatic hydroxyl groups excluding tert-OH is 1. The van der Waals surface area contributed by atoms with Crippen LogP contribution in [0.3, 0.4) is 0 Å². The monoisotopic (exact) mass is 658 g/mol. The zero-order chi connectivity index (χ0) is 32.7. The first-order chi connectivity index (χ1) is 20.5. The van der Waals surface area contributed by atoms with Gasteiger partial charge in [0, 0.05) is 30.6 Å². The van der Waals surface area contributed by atoms with Gasteiger partial charge in [0.2, 0.25) is 5.91 Å². The molecular formula is C35H48Cl2N2O4Si. The number of carbonyl (C=O) groups is 1. The molecule has 0 aliphatic carbocycles. The zero-order valence-electron chi connectivity index (χ0n) is 27.1. The average molecular weight is 660 g/mol. The van der Waals surface area contributed by atoms with E-state index in [0.29, 0.717) is 41.5 Å². The Hall–Kier alpha value is -2.39. The predicted molar refractivity (Wildman–Crippen MR) is 184 cm³/mol. The summed E-state index contributed by atoms with van der Waals surface area (Å²) in [4.78, 5) is 12.5. The van der Waals surface area contributed by atoms with Gasteiger partial charge >= 0.3 is 0 Å². The third kappa shape index (κ3) is 10.6. The second kappa shape index (κ2) is 15.3. The number of rotatable bonds is 14. The van der Waals surface area contributed by atoms with Gasteiger partial charge in [-0.25, -0.2) is 0 Å². The minimum atomic E-state index is -2.13. The Balaban J connectivity index is 1.63. The van der Waals surface area contributed by atoms with Crippen LogP contribution in [-0.2, 0) is 35.2 Å². The van der Waals surface area contributed by atoms with Crippen LogP contribution >= 0.6 is 23.2 Å². The van der Waals surface area contributed by atoms with Crippen LogP contribution in [0.2, 0.25) is 28.2 Å². The Kier molecular flexibility index (Phi) is 12.5. The Labute approximate surface area is 274 Å². The van der Waals surface area contributed by atoms with Crippen molar-refractivity contribution in [1.29, 1.82) is 0 Å². The Bertz CT molecular complexity index is 1420. The molecule has 4 N–H and O–H groups in total. The highest BCUT2D eigenvalue weighted by Crippen LogP contribution is 2.40. The number of benzene rings is 3. The highest BCUT2D eigenvalue weighted by molar-refractivity contribution is 6.74. The SMILES string of the molecule is CC(C)(Cc1cccc(CCC(=O)NCc2ccc(Cl)c(Cl)c2)c1)NC[C@@H](O[Si](C)(C)C(C)(C)C)c1ccc(O)c(CO)c1. The molecule has 6 nitrogen and oxygen atoms in total. The van der Waals surface area contributed by atoms with E-state index in [4.69, 9.17) is 27.6 Å². The van der Waals surface area contributed by atoms with Crippen molar-refractivity contribution in [3.05, 3.63) is 98.5 Å². The number of hydrogen-bond donors (Lipinski definition) is 4. The van der Waals surface area contributed by atoms with Crippen molar-refractivity contribution < 1.29 is 19.4 Å². The fourth-order valence-electron chi connectivity index (χ4n) is 4.73. The molecule has 1 amide bonds. The summed E-state index contributed by atoms with van der Waals surface area (Å²) in [6, 6.07) is 19.1. The molecule has 0 saturated carbocycles. The molecule has 44 heavy (non-hydrogen) atoms. The molecule has 0 unspecified atom stereocenters. The lowest BCUT2D eigenvalue weighted by molar-refractivity contribution is -0.121. The summed E-state index contributed by atoms with van der Waals surface area (Å²) in [6.07, 6.45) is 1.58. The lowest BCUT2D eigenvalue weighted by Crippen LogP contribution is -2.47. The lowest BCUT2D eigenvalue weighted by Gasteiger charge is -2.40. The van der Waals surface area contributed by atoms with Crippen molar-refractivity contribution >= 4 is 37.4 Å². The van der Waals surface area contributed by atoms with E-state index in [1.165, 1.54) is 5.56 Å². The van der Waals surface area contributed by atoms with E-state index >= 15 is 0 Å². The van der Waals surface area contributed by atoms with E-state index in [1.807, 2.05) is 24.3 Å². The Morgan fingerprint density at radius 1 is 0.932 bits per heavy atom. The van der Waals surface area contributed by atoms with Gasteiger partial charge < -0.3 is 25.3 Å². The third-order valence-electron chi connectivity index (χ3n) is 8.41. The zero-order valence-corrected chi connectivity index (χ0v) is 29.6. The van der Waals surface area contributed by atoms with Crippen LogP contribution in [0.25, 0.3) is 0 Å². The number of nitrogens with one attached hydrogen (secondary N) is 2. The number of amides is 1. The van der Waals surface area contributed by atoms with Gasteiger partial charge in [0.25, 0.3) is 0 Å². The minimum Gasteiger partial charge on any atom is -0.508 e. The number of aryl methyl sites for hydroxylation is 1. The molecule has 0 aliphatic rings. The predicted octanol–water partition coefficient (Wildman–Crippen LogP) is 8.11. The number of aromatic hydroxyl groups is 1. The second-order valence-electron chi connectivity index (χ2n) is 13.7. The smallest absolute Gasteiger partial charge is 0.220 e. The van der Waals surface area contributed by atoms with Crippen LogP contribution in [0.4, 0.5) is 0 Å². The van der Waals surface area contributed by atoms with Crippen molar-refractivity contribution in [3.63, 3.8) is 0 Å². The van der Waals surface area contributed by atoms with E-state index in [2.05, 4.69) is 76.5 Å². The first-order valence-electron chi connectivity index (χ1n) is 15.1. The first-order valence-corrected chi connectivity index (χ1v) is 18.8. The summed E-state index contributed by atoms with van der Waals surface area (Å²) >= 11 is 12.1. The Morgan fingerprint density at radius 2 is 1.64 bits per heavy atom. The van der Waals surface area contributed by atoms with Crippen LogP contribution in [0.15, 0.2) is 60.7 Å². The van der Waals surface area contributed by atoms with Crippen LogP contribution in [0.5, 0.6) is 5.75 Å². The number of phenols is 1. The van der Waals surface area contributed by atoms with E-state index in [-0.39, 0.29) is 34.9 Å². The first kappa shape index (κ1) is 36.1. The summed E-state index contributed by atoms with van der Waals surface area (Å²) in [7, 11) is -2.13. The van der Waals surface area contributed by atoms with Gasteiger partial charge in [0.05, 0.1) is 22.8 Å². The standard InChI is InChI=1S/C35H48Cl2N2O4Si/c1-34(2,3)44(6,7)43-32(27-13-15-31(41)28(19-27)23-40)22-39-35(4,5)20-25-10-8-9-24(17-25)12-16-33(42)38-21-26-11-14-29(36)30(37)18-26/h8-11,13-15,17-19,32,39-41H,12,16,20-23H2,1-7H3,(H,38,42)/t32-/m1/s1. The van der Waals surface area contributed by atoms with Crippen molar-refractivity contribution in [2.45, 2.75) is 96.8 Å². The van der Waals surface area contributed by atoms with Crippen LogP contribution in [0.1, 0.15) is 75.0 Å². The van der Waals surface area contributed by atoms with Crippen molar-refractivity contribution in [2.75, 3.05) is 6.54 Å². The van der Waals surface area contributed by atoms with E-state index in [1.54, 1.807) is 18.2 Å². The summed E-state index contributed by atoms with van der Waals surface area (Å²) in [5.74, 6) is 0.0641. The topological polar surface area (TPSA) is 90.8 Å². The molecule has 0 aromatic heterocycles. The summed E-state index contributed by atoms with van der Waals surface area (Å²) < 4.78 is 6.87. The molecule has 0 fully saturated rings. The fraction of sp³-hybridized carbons (Fsp3) is 0.457. The molecule has 1 atom stereocenters. The molecule has 3 rings (SSSR count). The maximum atomic E-state index is 12.5. The van der Waals surface area contributed by atoms with Gasteiger partial charge in [-0.1, -0.05) is 80.4 Å². The van der Waals surface area contributed by atoms with Crippen molar-refractivity contribution in [3.8, 4) is 5.75 Å². The summed E-state index contributed by atoms with van der Waals surface area (Å²) in [5, 5.41) is 27.6. The molecule has 3 aromatic carbocycles. The molecule has 0 radical (unpaired) electrons. The van der Waals surface area contributed by atoms with Gasteiger partial charge in [-0.2, -0.15) is 0 Å². The summed E-state index contributed by atoms with van der Waals surface area (Å²) in [5.41, 5.74) is 4.38. The van der Waals surface area contributed by atoms with Gasteiger partial charge in [-0.3, -0.25) is 4.79 Å². The van der Waals surface area contributed by atoms with E-state index in [9.17, 15) is 15.0 Å². The van der Waals surface area contributed by atoms with Crippen LogP contribution in [-0.4, -0.2) is 36.5 Å². The van der Waals surface area contributed by atoms with Crippen molar-refractivity contribution in [1.82, 2.24) is 10.6 Å². The fourth-order valence-corrected chi connectivity index (χ4v) is 6.33. The number of hydrogen-bond acceptors (Lipinski definition) is 5. The normalized spacial score (nSPS) is 13.1. The number of carbonyl (C=O) groups excluding carboxylic acids is 1. The molecular weight excluding hydrogens is 611 g/mol. The minimum absolute atomic E-state index is 0.0187. The largest absolute Gasteiger partial charge is 0.508 e. The molecule has 240 valence electrons.